The van der Waals surface area contributed by atoms with E-state index in [1.165, 1.54) is 0 Å². The van der Waals surface area contributed by atoms with E-state index < -0.39 is 0 Å². The molecule has 15 heavy (non-hydrogen) atoms. The van der Waals surface area contributed by atoms with Gasteiger partial charge in [-0.05, 0) is 31.0 Å². The summed E-state index contributed by atoms with van der Waals surface area (Å²) in [6.07, 6.45) is 0.810. The van der Waals surface area contributed by atoms with Crippen molar-refractivity contribution >= 4 is 11.1 Å². The zero-order valence-electron chi connectivity index (χ0n) is 9.16. The molecule has 0 fully saturated rings. The van der Waals surface area contributed by atoms with Gasteiger partial charge >= 0.3 is 0 Å². The van der Waals surface area contributed by atoms with Crippen molar-refractivity contribution in [1.82, 2.24) is 4.98 Å². The van der Waals surface area contributed by atoms with Crippen molar-refractivity contribution in [2.24, 2.45) is 11.7 Å². The number of hydrogen-bond donors (Lipinski definition) is 1. The minimum absolute atomic E-state index is 0.415. The molecule has 0 aliphatic heterocycles. The molecule has 2 aromatic rings. The third kappa shape index (κ3) is 2.02. The molecular weight excluding hydrogens is 188 g/mol. The van der Waals surface area contributed by atoms with Crippen LogP contribution in [0.5, 0.6) is 0 Å². The zero-order valence-corrected chi connectivity index (χ0v) is 9.16. The van der Waals surface area contributed by atoms with Gasteiger partial charge in [-0.1, -0.05) is 19.1 Å². The fourth-order valence-corrected chi connectivity index (χ4v) is 1.60. The summed E-state index contributed by atoms with van der Waals surface area (Å²) < 4.78 is 5.70. The van der Waals surface area contributed by atoms with Gasteiger partial charge in [0.1, 0.15) is 5.52 Å². The van der Waals surface area contributed by atoms with Crippen LogP contribution in [-0.2, 0) is 6.42 Å². The quantitative estimate of drug-likeness (QED) is 0.834. The maximum absolute atomic E-state index is 5.70. The second kappa shape index (κ2) is 4.03. The highest BCUT2D eigenvalue weighted by atomic mass is 16.3. The number of aryl methyl sites for hydroxylation is 1. The molecule has 0 amide bonds. The van der Waals surface area contributed by atoms with Crippen LogP contribution in [0.3, 0.4) is 0 Å². The third-order valence-corrected chi connectivity index (χ3v) is 2.58. The molecule has 80 valence electrons. The Kier molecular flexibility index (Phi) is 2.73. The highest BCUT2D eigenvalue weighted by Crippen LogP contribution is 2.20. The number of nitrogens with two attached hydrogens (primary N) is 1. The van der Waals surface area contributed by atoms with Gasteiger partial charge in [-0.2, -0.15) is 0 Å². The lowest BCUT2D eigenvalue weighted by Crippen LogP contribution is -2.13. The Morgan fingerprint density at radius 2 is 2.27 bits per heavy atom. The topological polar surface area (TPSA) is 52.0 Å². The second-order valence-electron chi connectivity index (χ2n) is 4.08. The number of nitrogens with zero attached hydrogens (tertiary/aromatic N) is 1. The average molecular weight is 204 g/mol. The van der Waals surface area contributed by atoms with Crippen LogP contribution in [0.2, 0.25) is 0 Å². The molecule has 3 nitrogen and oxygen atoms in total. The van der Waals surface area contributed by atoms with Gasteiger partial charge in [-0.3, -0.25) is 0 Å². The smallest absolute Gasteiger partial charge is 0.195 e. The predicted octanol–water partition coefficient (Wildman–Crippen LogP) is 2.27. The molecule has 1 aromatic carbocycles. The fraction of sp³-hybridized carbons (Fsp3) is 0.417. The van der Waals surface area contributed by atoms with Crippen LogP contribution in [0.4, 0.5) is 0 Å². The van der Waals surface area contributed by atoms with Crippen LogP contribution in [0, 0.1) is 12.8 Å². The number of fused-ring (bicyclic) bond motifs is 1. The summed E-state index contributed by atoms with van der Waals surface area (Å²) in [5, 5.41) is 0. The molecule has 0 bridgehead atoms. The Morgan fingerprint density at radius 1 is 1.47 bits per heavy atom. The summed E-state index contributed by atoms with van der Waals surface area (Å²) in [5.41, 5.74) is 8.54. The maximum Gasteiger partial charge on any atom is 0.195 e. The molecule has 0 aliphatic rings. The van der Waals surface area contributed by atoms with Crippen LogP contribution in [0.15, 0.2) is 22.6 Å². The minimum atomic E-state index is 0.415. The summed E-state index contributed by atoms with van der Waals surface area (Å²) >= 11 is 0. The Hall–Kier alpha value is -1.35. The molecule has 3 heteroatoms. The molecule has 1 unspecified atom stereocenters. The van der Waals surface area contributed by atoms with E-state index in [2.05, 4.69) is 11.9 Å². The lowest BCUT2D eigenvalue weighted by atomic mass is 10.1. The molecule has 0 spiro atoms. The van der Waals surface area contributed by atoms with Crippen LogP contribution in [0.25, 0.3) is 11.1 Å². The largest absolute Gasteiger partial charge is 0.440 e. The zero-order chi connectivity index (χ0) is 10.8. The van der Waals surface area contributed by atoms with Crippen molar-refractivity contribution in [2.75, 3.05) is 6.54 Å². The average Bonchev–Trinajstić information content (AvgIpc) is 2.62. The van der Waals surface area contributed by atoms with Crippen molar-refractivity contribution in [1.29, 1.82) is 0 Å². The first-order valence-corrected chi connectivity index (χ1v) is 5.26. The lowest BCUT2D eigenvalue weighted by Gasteiger charge is -2.02. The van der Waals surface area contributed by atoms with Gasteiger partial charge in [0.15, 0.2) is 11.5 Å². The van der Waals surface area contributed by atoms with Gasteiger partial charge in [0.25, 0.3) is 0 Å². The fourth-order valence-electron chi connectivity index (χ4n) is 1.60. The first-order chi connectivity index (χ1) is 7.20. The molecule has 1 aromatic heterocycles. The van der Waals surface area contributed by atoms with Gasteiger partial charge in [0.2, 0.25) is 0 Å². The number of benzene rings is 1. The van der Waals surface area contributed by atoms with E-state index in [9.17, 15) is 0 Å². The number of oxazole rings is 1. The van der Waals surface area contributed by atoms with E-state index in [-0.39, 0.29) is 0 Å². The molecule has 0 saturated heterocycles. The Labute approximate surface area is 89.3 Å². The third-order valence-electron chi connectivity index (χ3n) is 2.58. The van der Waals surface area contributed by atoms with Crippen molar-refractivity contribution in [2.45, 2.75) is 20.3 Å². The summed E-state index contributed by atoms with van der Waals surface area (Å²) in [4.78, 5) is 4.44. The summed E-state index contributed by atoms with van der Waals surface area (Å²) in [5.74, 6) is 1.20. The molecular formula is C12H16N2O. The van der Waals surface area contributed by atoms with E-state index in [4.69, 9.17) is 10.2 Å². The van der Waals surface area contributed by atoms with Crippen LogP contribution in [0.1, 0.15) is 18.4 Å². The normalized spacial score (nSPS) is 13.3. The second-order valence-corrected chi connectivity index (χ2v) is 4.08. The summed E-state index contributed by atoms with van der Waals surface area (Å²) in [6.45, 7) is 4.79. The van der Waals surface area contributed by atoms with E-state index in [1.54, 1.807) is 0 Å². The van der Waals surface area contributed by atoms with E-state index >= 15 is 0 Å². The van der Waals surface area contributed by atoms with E-state index in [0.29, 0.717) is 12.5 Å². The lowest BCUT2D eigenvalue weighted by molar-refractivity contribution is 0.467. The molecule has 2 N–H and O–H groups in total. The molecule has 0 radical (unpaired) electrons. The first kappa shape index (κ1) is 10.2. The Bertz CT molecular complexity index is 462. The Morgan fingerprint density at radius 3 is 2.93 bits per heavy atom. The van der Waals surface area contributed by atoms with Crippen LogP contribution >= 0.6 is 0 Å². The van der Waals surface area contributed by atoms with Crippen LogP contribution < -0.4 is 5.73 Å². The van der Waals surface area contributed by atoms with Crippen molar-refractivity contribution in [3.8, 4) is 0 Å². The van der Waals surface area contributed by atoms with Gasteiger partial charge in [-0.15, -0.1) is 0 Å². The molecule has 1 atom stereocenters. The minimum Gasteiger partial charge on any atom is -0.440 e. The van der Waals surface area contributed by atoms with Crippen molar-refractivity contribution in [3.63, 3.8) is 0 Å². The summed E-state index contributed by atoms with van der Waals surface area (Å²) in [7, 11) is 0. The molecule has 0 aliphatic carbocycles. The predicted molar refractivity (Wildman–Crippen MR) is 60.7 cm³/mol. The SMILES string of the molecule is Cc1cccc2nc(CC(C)CN)oc12. The van der Waals surface area contributed by atoms with Gasteiger partial charge in [0.05, 0.1) is 0 Å². The number of aromatic nitrogens is 1. The molecule has 2 rings (SSSR count). The van der Waals surface area contributed by atoms with Gasteiger partial charge in [-0.25, -0.2) is 4.98 Å². The number of rotatable bonds is 3. The number of para-hydroxylation sites is 1. The highest BCUT2D eigenvalue weighted by molar-refractivity contribution is 5.75. The molecule has 0 saturated carbocycles. The Balaban J connectivity index is 2.35. The summed E-state index contributed by atoms with van der Waals surface area (Å²) in [6, 6.07) is 6.00. The van der Waals surface area contributed by atoms with Crippen LogP contribution in [-0.4, -0.2) is 11.5 Å². The van der Waals surface area contributed by atoms with Gasteiger partial charge in [0, 0.05) is 6.42 Å². The molecule has 1 heterocycles. The van der Waals surface area contributed by atoms with Gasteiger partial charge < -0.3 is 10.2 Å². The van der Waals surface area contributed by atoms with E-state index in [1.807, 2.05) is 25.1 Å². The maximum atomic E-state index is 5.70. The first-order valence-electron chi connectivity index (χ1n) is 5.26. The standard InChI is InChI=1S/C12H16N2O/c1-8(7-13)6-11-14-10-5-3-4-9(2)12(10)15-11/h3-5,8H,6-7,13H2,1-2H3. The van der Waals surface area contributed by atoms with E-state index in [0.717, 1.165) is 29.0 Å². The van der Waals surface area contributed by atoms with Crippen molar-refractivity contribution < 1.29 is 4.42 Å². The monoisotopic (exact) mass is 204 g/mol. The highest BCUT2D eigenvalue weighted by Gasteiger charge is 2.10. The van der Waals surface area contributed by atoms with Crippen molar-refractivity contribution in [3.05, 3.63) is 29.7 Å². The number of hydrogen-bond acceptors (Lipinski definition) is 3.